The Kier molecular flexibility index (Phi) is 6.22. The van der Waals surface area contributed by atoms with Crippen molar-refractivity contribution in [2.24, 2.45) is 0 Å². The third-order valence-electron chi connectivity index (χ3n) is 2.14. The highest BCUT2D eigenvalue weighted by Crippen LogP contribution is 2.04. The Morgan fingerprint density at radius 1 is 0.538 bits per heavy atom. The predicted octanol–water partition coefficient (Wildman–Crippen LogP) is 4.21. The summed E-state index contributed by atoms with van der Waals surface area (Å²) in [7, 11) is 0. The van der Waals surface area contributed by atoms with Gasteiger partial charge in [0.1, 0.15) is 0 Å². The first-order chi connectivity index (χ1) is 6.50. The van der Waals surface area contributed by atoms with E-state index in [9.17, 15) is 0 Å². The van der Waals surface area contributed by atoms with Gasteiger partial charge in [-0.2, -0.15) is 0 Å². The molecule has 0 aliphatic heterocycles. The van der Waals surface area contributed by atoms with Gasteiger partial charge < -0.3 is 0 Å². The Hall–Kier alpha value is -0.780. The number of hydrogen-bond donors (Lipinski definition) is 0. The maximum absolute atomic E-state index is 2.32. The molecular weight excluding hydrogens is 156 g/mol. The molecule has 0 aromatic rings. The third-order valence-corrected chi connectivity index (χ3v) is 2.14. The van der Waals surface area contributed by atoms with Crippen LogP contribution < -0.4 is 0 Å². The molecule has 0 aromatic carbocycles. The molecule has 0 saturated heterocycles. The van der Waals surface area contributed by atoms with E-state index in [1.54, 1.807) is 0 Å². The molecule has 0 aromatic heterocycles. The molecule has 0 heteroatoms. The fourth-order valence-corrected chi connectivity index (χ4v) is 1.36. The third kappa shape index (κ3) is 6.39. The topological polar surface area (TPSA) is 0 Å². The molecule has 1 aliphatic carbocycles. The fraction of sp³-hybridized carbons (Fsp3) is 0.462. The number of allylic oxidation sites excluding steroid dienone is 6. The Labute approximate surface area is 82.0 Å². The summed E-state index contributed by atoms with van der Waals surface area (Å²) in [6, 6.07) is 0. The summed E-state index contributed by atoms with van der Waals surface area (Å²) in [5.41, 5.74) is 0. The molecule has 71 valence electrons. The van der Waals surface area contributed by atoms with Crippen LogP contribution in [0.3, 0.4) is 0 Å². The summed E-state index contributed by atoms with van der Waals surface area (Å²) in [5.74, 6) is 0. The first kappa shape index (κ1) is 10.3. The lowest BCUT2D eigenvalue weighted by molar-refractivity contribution is 0.842. The van der Waals surface area contributed by atoms with Crippen molar-refractivity contribution in [2.75, 3.05) is 0 Å². The summed E-state index contributed by atoms with van der Waals surface area (Å²) in [5, 5.41) is 0. The van der Waals surface area contributed by atoms with E-state index in [4.69, 9.17) is 0 Å². The molecule has 0 N–H and O–H groups in total. The van der Waals surface area contributed by atoms with E-state index < -0.39 is 0 Å². The minimum Gasteiger partial charge on any atom is -0.0885 e. The molecule has 1 radical (unpaired) electrons. The second-order valence-corrected chi connectivity index (χ2v) is 3.38. The van der Waals surface area contributed by atoms with E-state index in [1.165, 1.54) is 38.5 Å². The molecule has 0 unspecified atom stereocenters. The highest BCUT2D eigenvalue weighted by Gasteiger charge is 1.84. The maximum atomic E-state index is 2.32. The Balaban J connectivity index is 2.27. The van der Waals surface area contributed by atoms with Crippen LogP contribution in [0.4, 0.5) is 0 Å². The Bertz CT molecular complexity index is 164. The van der Waals surface area contributed by atoms with Crippen LogP contribution >= 0.6 is 0 Å². The monoisotopic (exact) mass is 175 g/mol. The van der Waals surface area contributed by atoms with Crippen LogP contribution in [-0.4, -0.2) is 0 Å². The van der Waals surface area contributed by atoms with Crippen molar-refractivity contribution in [2.45, 2.75) is 38.5 Å². The van der Waals surface area contributed by atoms with Crippen LogP contribution in [-0.2, 0) is 0 Å². The van der Waals surface area contributed by atoms with E-state index in [0.717, 1.165) is 0 Å². The smallest absolute Gasteiger partial charge is 0.00441 e. The molecule has 0 atom stereocenters. The number of rotatable bonds is 0. The van der Waals surface area contributed by atoms with Gasteiger partial charge in [0.25, 0.3) is 0 Å². The van der Waals surface area contributed by atoms with Gasteiger partial charge in [0, 0.05) is 6.42 Å². The molecule has 0 fully saturated rings. The molecule has 13 heavy (non-hydrogen) atoms. The lowest BCUT2D eigenvalue weighted by Gasteiger charge is -1.90. The molecule has 1 rings (SSSR count). The lowest BCUT2D eigenvalue weighted by Crippen LogP contribution is -1.70. The van der Waals surface area contributed by atoms with Crippen LogP contribution in [0.2, 0.25) is 0 Å². The molecule has 0 amide bonds. The van der Waals surface area contributed by atoms with Gasteiger partial charge in [-0.1, -0.05) is 36.5 Å². The van der Waals surface area contributed by atoms with E-state index in [1.807, 2.05) is 0 Å². The molecule has 0 spiro atoms. The van der Waals surface area contributed by atoms with Crippen LogP contribution in [0, 0.1) is 6.42 Å². The van der Waals surface area contributed by atoms with Gasteiger partial charge in [-0.25, -0.2) is 0 Å². The van der Waals surface area contributed by atoms with E-state index in [0.29, 0.717) is 0 Å². The first-order valence-corrected chi connectivity index (χ1v) is 5.30. The first-order valence-electron chi connectivity index (χ1n) is 5.30. The molecule has 1 aliphatic rings. The van der Waals surface area contributed by atoms with Crippen LogP contribution in [0.15, 0.2) is 36.5 Å². The van der Waals surface area contributed by atoms with Gasteiger partial charge in [0.05, 0.1) is 0 Å². The van der Waals surface area contributed by atoms with Gasteiger partial charge in [-0.3, -0.25) is 0 Å². The van der Waals surface area contributed by atoms with Crippen molar-refractivity contribution in [3.05, 3.63) is 42.9 Å². The SMILES string of the molecule is [CH]1/C=C/CCC/C=C\CCC/C=C/1. The van der Waals surface area contributed by atoms with Gasteiger partial charge in [-0.15, -0.1) is 0 Å². The normalized spacial score (nSPS) is 27.7. The van der Waals surface area contributed by atoms with Crippen LogP contribution in [0.1, 0.15) is 38.5 Å². The molecular formula is C13H19. The summed E-state index contributed by atoms with van der Waals surface area (Å²) in [6.07, 6.45) is 23.0. The zero-order valence-electron chi connectivity index (χ0n) is 8.28. The van der Waals surface area contributed by atoms with E-state index in [-0.39, 0.29) is 0 Å². The average Bonchev–Trinajstić information content (AvgIpc) is 2.18. The zero-order valence-corrected chi connectivity index (χ0v) is 8.28. The van der Waals surface area contributed by atoms with Crippen LogP contribution in [0.25, 0.3) is 0 Å². The standard InChI is InChI=1S/C13H19/c1-2-4-6-8-10-12-13-11-9-7-5-3-1/h1-5,12-13H,6-11H2/b4-2+,5-3+,13-12-. The average molecular weight is 175 g/mol. The number of hydrogen-bond acceptors (Lipinski definition) is 0. The molecule has 0 nitrogen and oxygen atoms in total. The van der Waals surface area contributed by atoms with Gasteiger partial charge in [0.2, 0.25) is 0 Å². The second-order valence-electron chi connectivity index (χ2n) is 3.38. The minimum atomic E-state index is 1.20. The quantitative estimate of drug-likeness (QED) is 0.484. The highest BCUT2D eigenvalue weighted by atomic mass is 13.9. The summed E-state index contributed by atoms with van der Waals surface area (Å²) < 4.78 is 0. The molecule has 0 heterocycles. The lowest BCUT2D eigenvalue weighted by atomic mass is 10.2. The van der Waals surface area contributed by atoms with E-state index >= 15 is 0 Å². The largest absolute Gasteiger partial charge is 0.0885 e. The second kappa shape index (κ2) is 7.85. The highest BCUT2D eigenvalue weighted by molar-refractivity contribution is 5.08. The fourth-order valence-electron chi connectivity index (χ4n) is 1.36. The van der Waals surface area contributed by atoms with Crippen molar-refractivity contribution < 1.29 is 0 Å². The summed E-state index contributed by atoms with van der Waals surface area (Å²) >= 11 is 0. The summed E-state index contributed by atoms with van der Waals surface area (Å²) in [4.78, 5) is 0. The Morgan fingerprint density at radius 3 is 1.54 bits per heavy atom. The molecule has 0 saturated carbocycles. The van der Waals surface area contributed by atoms with Crippen molar-refractivity contribution in [3.63, 3.8) is 0 Å². The van der Waals surface area contributed by atoms with E-state index in [2.05, 4.69) is 42.9 Å². The predicted molar refractivity (Wildman–Crippen MR) is 59.4 cm³/mol. The van der Waals surface area contributed by atoms with Gasteiger partial charge >= 0.3 is 0 Å². The minimum absolute atomic E-state index is 1.20. The van der Waals surface area contributed by atoms with Gasteiger partial charge in [0.15, 0.2) is 0 Å². The van der Waals surface area contributed by atoms with Crippen LogP contribution in [0.5, 0.6) is 0 Å². The van der Waals surface area contributed by atoms with Gasteiger partial charge in [-0.05, 0) is 38.5 Å². The molecule has 0 bridgehead atoms. The maximum Gasteiger partial charge on any atom is 0.00441 e. The summed E-state index contributed by atoms with van der Waals surface area (Å²) in [6.45, 7) is 0. The zero-order chi connectivity index (χ0) is 9.19. The van der Waals surface area contributed by atoms with Crippen molar-refractivity contribution in [1.82, 2.24) is 0 Å². The van der Waals surface area contributed by atoms with Crippen molar-refractivity contribution in [3.8, 4) is 0 Å². The van der Waals surface area contributed by atoms with Crippen molar-refractivity contribution >= 4 is 0 Å². The Morgan fingerprint density at radius 2 is 1.00 bits per heavy atom. The van der Waals surface area contributed by atoms with Crippen molar-refractivity contribution in [1.29, 1.82) is 0 Å².